The molecule has 0 spiro atoms. The smallest absolute Gasteiger partial charge is 0.315 e. The normalized spacial score (nSPS) is 17.2. The van der Waals surface area contributed by atoms with Crippen molar-refractivity contribution in [3.63, 3.8) is 0 Å². The molecular weight excluding hydrogens is 310 g/mol. The first-order valence-electron chi connectivity index (χ1n) is 10.0. The Kier molecular flexibility index (Phi) is 8.81. The minimum absolute atomic E-state index is 0.0471. The number of nitrogens with zero attached hydrogens (tertiary/aromatic N) is 1. The number of likely N-dealkylation sites (tertiary alicyclic amines) is 1. The van der Waals surface area contributed by atoms with E-state index in [1.807, 2.05) is 18.2 Å². The number of amides is 2. The van der Waals surface area contributed by atoms with Crippen molar-refractivity contribution in [1.29, 1.82) is 0 Å². The van der Waals surface area contributed by atoms with Crippen molar-refractivity contribution in [1.82, 2.24) is 15.5 Å². The first-order valence-corrected chi connectivity index (χ1v) is 10.0. The largest absolute Gasteiger partial charge is 0.338 e. The average molecular weight is 346 g/mol. The average Bonchev–Trinajstić information content (AvgIpc) is 2.63. The molecule has 2 rings (SSSR count). The van der Waals surface area contributed by atoms with E-state index in [9.17, 15) is 4.79 Å². The molecule has 2 N–H and O–H groups in total. The van der Waals surface area contributed by atoms with Gasteiger partial charge in [-0.25, -0.2) is 4.79 Å². The van der Waals surface area contributed by atoms with E-state index in [0.717, 1.165) is 38.1 Å². The van der Waals surface area contributed by atoms with E-state index in [-0.39, 0.29) is 12.1 Å². The predicted octanol–water partition coefficient (Wildman–Crippen LogP) is 4.34. The number of carbonyl (C=O) groups is 1. The molecule has 1 aliphatic rings. The SMILES string of the molecule is CCCC(NC(=O)NCCCCN1CCC(C)CC1)c1ccccc1. The number of rotatable bonds is 9. The molecular formula is C21H35N3O. The molecule has 140 valence electrons. The lowest BCUT2D eigenvalue weighted by Crippen LogP contribution is -2.38. The van der Waals surface area contributed by atoms with E-state index in [2.05, 4.69) is 41.5 Å². The Bertz CT molecular complexity index is 483. The summed E-state index contributed by atoms with van der Waals surface area (Å²) < 4.78 is 0. The van der Waals surface area contributed by atoms with Crippen molar-refractivity contribution in [2.75, 3.05) is 26.2 Å². The zero-order valence-corrected chi connectivity index (χ0v) is 16.0. The van der Waals surface area contributed by atoms with E-state index in [1.165, 1.54) is 38.0 Å². The van der Waals surface area contributed by atoms with Crippen LogP contribution in [-0.4, -0.2) is 37.1 Å². The van der Waals surface area contributed by atoms with Crippen molar-refractivity contribution >= 4 is 6.03 Å². The van der Waals surface area contributed by atoms with Gasteiger partial charge in [0.2, 0.25) is 0 Å². The minimum Gasteiger partial charge on any atom is -0.338 e. The zero-order valence-electron chi connectivity index (χ0n) is 16.0. The van der Waals surface area contributed by atoms with Crippen LogP contribution in [0.5, 0.6) is 0 Å². The van der Waals surface area contributed by atoms with Crippen LogP contribution in [0.15, 0.2) is 30.3 Å². The van der Waals surface area contributed by atoms with Crippen molar-refractivity contribution < 1.29 is 4.79 Å². The molecule has 1 aliphatic heterocycles. The maximum atomic E-state index is 12.2. The zero-order chi connectivity index (χ0) is 17.9. The molecule has 1 fully saturated rings. The fraction of sp³-hybridized carbons (Fsp3) is 0.667. The number of hydrogen-bond donors (Lipinski definition) is 2. The second kappa shape index (κ2) is 11.1. The third-order valence-corrected chi connectivity index (χ3v) is 5.15. The molecule has 0 saturated carbocycles. The quantitative estimate of drug-likeness (QED) is 0.654. The van der Waals surface area contributed by atoms with Crippen LogP contribution >= 0.6 is 0 Å². The summed E-state index contributed by atoms with van der Waals surface area (Å²) in [5.41, 5.74) is 1.18. The van der Waals surface area contributed by atoms with Crippen LogP contribution in [0.1, 0.15) is 64.0 Å². The summed E-state index contributed by atoms with van der Waals surface area (Å²) in [6.45, 7) is 8.90. The van der Waals surface area contributed by atoms with Gasteiger partial charge in [0, 0.05) is 6.54 Å². The molecule has 0 radical (unpaired) electrons. The Morgan fingerprint density at radius 3 is 2.60 bits per heavy atom. The molecule has 25 heavy (non-hydrogen) atoms. The van der Waals surface area contributed by atoms with Gasteiger partial charge in [0.1, 0.15) is 0 Å². The highest BCUT2D eigenvalue weighted by Crippen LogP contribution is 2.18. The number of nitrogens with one attached hydrogen (secondary N) is 2. The summed E-state index contributed by atoms with van der Waals surface area (Å²) in [5.74, 6) is 0.891. The summed E-state index contributed by atoms with van der Waals surface area (Å²) in [6, 6.07) is 10.3. The predicted molar refractivity (Wildman–Crippen MR) is 105 cm³/mol. The molecule has 1 atom stereocenters. The lowest BCUT2D eigenvalue weighted by molar-refractivity contribution is 0.189. The monoisotopic (exact) mass is 345 g/mol. The van der Waals surface area contributed by atoms with Crippen LogP contribution in [0.25, 0.3) is 0 Å². The topological polar surface area (TPSA) is 44.4 Å². The van der Waals surface area contributed by atoms with Crippen LogP contribution in [0.3, 0.4) is 0 Å². The number of carbonyl (C=O) groups excluding carboxylic acids is 1. The second-order valence-corrected chi connectivity index (χ2v) is 7.38. The Morgan fingerprint density at radius 1 is 1.20 bits per heavy atom. The maximum absolute atomic E-state index is 12.2. The number of piperidine rings is 1. The summed E-state index contributed by atoms with van der Waals surface area (Å²) in [5, 5.41) is 6.14. The Morgan fingerprint density at radius 2 is 1.92 bits per heavy atom. The van der Waals surface area contributed by atoms with Crippen molar-refractivity contribution in [3.8, 4) is 0 Å². The number of unbranched alkanes of at least 4 members (excludes halogenated alkanes) is 1. The van der Waals surface area contributed by atoms with Crippen LogP contribution in [0.4, 0.5) is 4.79 Å². The molecule has 1 aromatic rings. The van der Waals surface area contributed by atoms with Gasteiger partial charge in [-0.3, -0.25) is 0 Å². The third-order valence-electron chi connectivity index (χ3n) is 5.15. The highest BCUT2D eigenvalue weighted by molar-refractivity contribution is 5.74. The van der Waals surface area contributed by atoms with Gasteiger partial charge < -0.3 is 15.5 Å². The number of urea groups is 1. The van der Waals surface area contributed by atoms with E-state index >= 15 is 0 Å². The van der Waals surface area contributed by atoms with Gasteiger partial charge in [-0.15, -0.1) is 0 Å². The van der Waals surface area contributed by atoms with E-state index < -0.39 is 0 Å². The highest BCUT2D eigenvalue weighted by Gasteiger charge is 2.15. The van der Waals surface area contributed by atoms with Crippen LogP contribution < -0.4 is 10.6 Å². The number of hydrogen-bond acceptors (Lipinski definition) is 2. The Hall–Kier alpha value is -1.55. The number of benzene rings is 1. The summed E-state index contributed by atoms with van der Waals surface area (Å²) in [6.07, 6.45) is 6.88. The van der Waals surface area contributed by atoms with Crippen molar-refractivity contribution in [2.24, 2.45) is 5.92 Å². The van der Waals surface area contributed by atoms with Crippen molar-refractivity contribution in [2.45, 2.75) is 58.4 Å². The first-order chi connectivity index (χ1) is 12.2. The maximum Gasteiger partial charge on any atom is 0.315 e. The van der Waals surface area contributed by atoms with Crippen LogP contribution in [0.2, 0.25) is 0 Å². The van der Waals surface area contributed by atoms with Crippen LogP contribution in [-0.2, 0) is 0 Å². The van der Waals surface area contributed by atoms with Gasteiger partial charge in [0.05, 0.1) is 6.04 Å². The van der Waals surface area contributed by atoms with Gasteiger partial charge in [-0.1, -0.05) is 50.6 Å². The standard InChI is InChI=1S/C21H35N3O/c1-3-9-20(19-10-5-4-6-11-19)23-21(25)22-14-7-8-15-24-16-12-18(2)13-17-24/h4-6,10-11,18,20H,3,7-9,12-17H2,1-2H3,(H2,22,23,25). The molecule has 0 aliphatic carbocycles. The van der Waals surface area contributed by atoms with Gasteiger partial charge in [-0.2, -0.15) is 0 Å². The van der Waals surface area contributed by atoms with E-state index in [1.54, 1.807) is 0 Å². The fourth-order valence-corrected chi connectivity index (χ4v) is 3.45. The molecule has 1 saturated heterocycles. The molecule has 0 bridgehead atoms. The molecule has 1 unspecified atom stereocenters. The van der Waals surface area contributed by atoms with E-state index in [4.69, 9.17) is 0 Å². The molecule has 2 amide bonds. The lowest BCUT2D eigenvalue weighted by atomic mass is 9.99. The minimum atomic E-state index is -0.0471. The molecule has 4 nitrogen and oxygen atoms in total. The molecule has 0 aromatic heterocycles. The van der Waals surface area contributed by atoms with Crippen molar-refractivity contribution in [3.05, 3.63) is 35.9 Å². The third kappa shape index (κ3) is 7.47. The molecule has 1 aromatic carbocycles. The fourth-order valence-electron chi connectivity index (χ4n) is 3.45. The van der Waals surface area contributed by atoms with Crippen LogP contribution in [0, 0.1) is 5.92 Å². The molecule has 4 heteroatoms. The van der Waals surface area contributed by atoms with Gasteiger partial charge >= 0.3 is 6.03 Å². The summed E-state index contributed by atoms with van der Waals surface area (Å²) in [7, 11) is 0. The highest BCUT2D eigenvalue weighted by atomic mass is 16.2. The first kappa shape index (κ1) is 19.8. The van der Waals surface area contributed by atoms with E-state index in [0.29, 0.717) is 0 Å². The lowest BCUT2D eigenvalue weighted by Gasteiger charge is -2.30. The Labute approximate surface area is 153 Å². The van der Waals surface area contributed by atoms with Gasteiger partial charge in [-0.05, 0) is 63.2 Å². The van der Waals surface area contributed by atoms with Gasteiger partial charge in [0.15, 0.2) is 0 Å². The summed E-state index contributed by atoms with van der Waals surface area (Å²) >= 11 is 0. The molecule has 1 heterocycles. The van der Waals surface area contributed by atoms with Gasteiger partial charge in [0.25, 0.3) is 0 Å². The Balaban J connectivity index is 1.61. The summed E-state index contributed by atoms with van der Waals surface area (Å²) in [4.78, 5) is 14.7. The second-order valence-electron chi connectivity index (χ2n) is 7.38.